The highest BCUT2D eigenvalue weighted by molar-refractivity contribution is 6.10. The predicted molar refractivity (Wildman–Crippen MR) is 88.7 cm³/mol. The first-order valence-electron chi connectivity index (χ1n) is 6.81. The summed E-state index contributed by atoms with van der Waals surface area (Å²) in [5.41, 5.74) is 3.51. The molecule has 0 aliphatic heterocycles. The highest BCUT2D eigenvalue weighted by atomic mass is 15.0. The summed E-state index contributed by atoms with van der Waals surface area (Å²) < 4.78 is 2.26. The van der Waals surface area contributed by atoms with Crippen molar-refractivity contribution in [3.63, 3.8) is 0 Å². The molecule has 0 saturated carbocycles. The SMILES string of the molecule is C=C/C(=C\C=C/C)n1c2ccccc2c2ccccc21. The zero-order chi connectivity index (χ0) is 13.9. The Morgan fingerprint density at radius 3 is 2.00 bits per heavy atom. The van der Waals surface area contributed by atoms with Gasteiger partial charge in [-0.2, -0.15) is 0 Å². The molecule has 0 bridgehead atoms. The van der Waals surface area contributed by atoms with E-state index in [0.717, 1.165) is 5.70 Å². The van der Waals surface area contributed by atoms with Crippen molar-refractivity contribution < 1.29 is 0 Å². The molecule has 0 fully saturated rings. The van der Waals surface area contributed by atoms with Gasteiger partial charge in [0.15, 0.2) is 0 Å². The quantitative estimate of drug-likeness (QED) is 0.555. The molecule has 0 unspecified atom stereocenters. The van der Waals surface area contributed by atoms with Crippen molar-refractivity contribution in [2.45, 2.75) is 6.92 Å². The second-order valence-electron chi connectivity index (χ2n) is 4.69. The maximum absolute atomic E-state index is 3.96. The third-order valence-electron chi connectivity index (χ3n) is 3.51. The fourth-order valence-corrected chi connectivity index (χ4v) is 2.63. The number of rotatable bonds is 3. The molecule has 2 aromatic carbocycles. The molecular formula is C19H17N. The monoisotopic (exact) mass is 259 g/mol. The molecule has 0 aliphatic rings. The number of benzene rings is 2. The number of allylic oxidation sites excluding steroid dienone is 5. The summed E-state index contributed by atoms with van der Waals surface area (Å²) in [6.07, 6.45) is 8.06. The second-order valence-corrected chi connectivity index (χ2v) is 4.69. The Labute approximate surface area is 119 Å². The van der Waals surface area contributed by atoms with Crippen molar-refractivity contribution >= 4 is 27.5 Å². The van der Waals surface area contributed by atoms with Crippen LogP contribution in [0.15, 0.2) is 79.4 Å². The van der Waals surface area contributed by atoms with E-state index in [1.54, 1.807) is 0 Å². The summed E-state index contributed by atoms with van der Waals surface area (Å²) in [6.45, 7) is 5.98. The normalized spacial score (nSPS) is 12.6. The average Bonchev–Trinajstić information content (AvgIpc) is 2.84. The van der Waals surface area contributed by atoms with Gasteiger partial charge in [0.1, 0.15) is 0 Å². The Balaban J connectivity index is 2.45. The van der Waals surface area contributed by atoms with Gasteiger partial charge >= 0.3 is 0 Å². The lowest BCUT2D eigenvalue weighted by Gasteiger charge is -2.07. The Morgan fingerprint density at radius 2 is 1.50 bits per heavy atom. The number of aromatic nitrogens is 1. The van der Waals surface area contributed by atoms with Crippen LogP contribution in [0.5, 0.6) is 0 Å². The number of hydrogen-bond acceptors (Lipinski definition) is 0. The van der Waals surface area contributed by atoms with Crippen molar-refractivity contribution in [1.29, 1.82) is 0 Å². The standard InChI is InChI=1S/C19H17N/c1-3-5-10-15(4-2)20-18-13-8-6-11-16(18)17-12-7-9-14-19(17)20/h3-14H,2H2,1H3/b5-3-,15-10+. The first-order valence-corrected chi connectivity index (χ1v) is 6.81. The lowest BCUT2D eigenvalue weighted by Crippen LogP contribution is -1.93. The summed E-state index contributed by atoms with van der Waals surface area (Å²) in [5.74, 6) is 0. The highest BCUT2D eigenvalue weighted by Crippen LogP contribution is 2.31. The first-order chi connectivity index (χ1) is 9.86. The van der Waals surface area contributed by atoms with E-state index in [4.69, 9.17) is 0 Å². The van der Waals surface area contributed by atoms with Crippen LogP contribution in [0.25, 0.3) is 27.5 Å². The van der Waals surface area contributed by atoms with Crippen molar-refractivity contribution in [3.8, 4) is 0 Å². The van der Waals surface area contributed by atoms with Gasteiger partial charge in [-0.05, 0) is 31.2 Å². The van der Waals surface area contributed by atoms with Crippen LogP contribution in [-0.4, -0.2) is 4.57 Å². The molecule has 1 heteroatoms. The van der Waals surface area contributed by atoms with E-state index in [2.05, 4.69) is 65.8 Å². The van der Waals surface area contributed by atoms with E-state index >= 15 is 0 Å². The van der Waals surface area contributed by atoms with Crippen LogP contribution in [0, 0.1) is 0 Å². The molecule has 3 rings (SSSR count). The summed E-state index contributed by atoms with van der Waals surface area (Å²) >= 11 is 0. The zero-order valence-corrected chi connectivity index (χ0v) is 11.6. The number of hydrogen-bond donors (Lipinski definition) is 0. The smallest absolute Gasteiger partial charge is 0.0541 e. The van der Waals surface area contributed by atoms with Crippen LogP contribution < -0.4 is 0 Å². The van der Waals surface area contributed by atoms with Crippen molar-refractivity contribution in [2.24, 2.45) is 0 Å². The van der Waals surface area contributed by atoms with Gasteiger partial charge in [-0.25, -0.2) is 0 Å². The van der Waals surface area contributed by atoms with E-state index < -0.39 is 0 Å². The van der Waals surface area contributed by atoms with E-state index in [9.17, 15) is 0 Å². The minimum atomic E-state index is 1.08. The molecule has 1 aromatic heterocycles. The van der Waals surface area contributed by atoms with Crippen molar-refractivity contribution in [1.82, 2.24) is 4.57 Å². The van der Waals surface area contributed by atoms with Crippen LogP contribution in [-0.2, 0) is 0 Å². The largest absolute Gasteiger partial charge is 0.309 e. The van der Waals surface area contributed by atoms with E-state index in [1.807, 2.05) is 25.2 Å². The summed E-state index contributed by atoms with van der Waals surface area (Å²) in [4.78, 5) is 0. The predicted octanol–water partition coefficient (Wildman–Crippen LogP) is 5.40. The summed E-state index contributed by atoms with van der Waals surface area (Å²) in [5, 5.41) is 2.55. The topological polar surface area (TPSA) is 4.93 Å². The maximum Gasteiger partial charge on any atom is 0.0541 e. The fraction of sp³-hybridized carbons (Fsp3) is 0.0526. The molecule has 0 aliphatic carbocycles. The molecule has 0 radical (unpaired) electrons. The van der Waals surface area contributed by atoms with Crippen LogP contribution in [0.1, 0.15) is 6.92 Å². The van der Waals surface area contributed by atoms with E-state index in [-0.39, 0.29) is 0 Å². The Morgan fingerprint density at radius 1 is 0.950 bits per heavy atom. The fourth-order valence-electron chi connectivity index (χ4n) is 2.63. The van der Waals surface area contributed by atoms with Crippen LogP contribution >= 0.6 is 0 Å². The minimum absolute atomic E-state index is 1.08. The van der Waals surface area contributed by atoms with Gasteiger partial charge in [0.25, 0.3) is 0 Å². The molecule has 0 spiro atoms. The molecular weight excluding hydrogens is 242 g/mol. The van der Waals surface area contributed by atoms with Crippen LogP contribution in [0.2, 0.25) is 0 Å². The van der Waals surface area contributed by atoms with Gasteiger partial charge in [-0.1, -0.05) is 55.1 Å². The molecule has 0 saturated heterocycles. The maximum atomic E-state index is 3.96. The molecule has 3 aromatic rings. The van der Waals surface area contributed by atoms with Gasteiger partial charge in [0, 0.05) is 16.5 Å². The van der Waals surface area contributed by atoms with Gasteiger partial charge < -0.3 is 4.57 Å². The lowest BCUT2D eigenvalue weighted by atomic mass is 10.2. The Bertz CT molecular complexity index is 778. The molecule has 0 atom stereocenters. The minimum Gasteiger partial charge on any atom is -0.309 e. The Kier molecular flexibility index (Phi) is 3.26. The molecule has 1 heterocycles. The van der Waals surface area contributed by atoms with Gasteiger partial charge in [-0.3, -0.25) is 0 Å². The molecule has 0 amide bonds. The van der Waals surface area contributed by atoms with E-state index in [1.165, 1.54) is 21.8 Å². The molecule has 1 nitrogen and oxygen atoms in total. The average molecular weight is 259 g/mol. The third kappa shape index (κ3) is 1.88. The number of fused-ring (bicyclic) bond motifs is 3. The van der Waals surface area contributed by atoms with Crippen molar-refractivity contribution in [3.05, 3.63) is 79.4 Å². The summed E-state index contributed by atoms with van der Waals surface area (Å²) in [7, 11) is 0. The molecule has 98 valence electrons. The van der Waals surface area contributed by atoms with Gasteiger partial charge in [0.05, 0.1) is 11.0 Å². The van der Waals surface area contributed by atoms with Gasteiger partial charge in [0.2, 0.25) is 0 Å². The van der Waals surface area contributed by atoms with Crippen LogP contribution in [0.3, 0.4) is 0 Å². The number of para-hydroxylation sites is 2. The summed E-state index contributed by atoms with van der Waals surface area (Å²) in [6, 6.07) is 17.0. The molecule has 20 heavy (non-hydrogen) atoms. The first kappa shape index (κ1) is 12.5. The highest BCUT2D eigenvalue weighted by Gasteiger charge is 2.10. The van der Waals surface area contributed by atoms with E-state index in [0.29, 0.717) is 0 Å². The second kappa shape index (κ2) is 5.22. The number of nitrogens with zero attached hydrogens (tertiary/aromatic N) is 1. The molecule has 0 N–H and O–H groups in total. The van der Waals surface area contributed by atoms with Crippen molar-refractivity contribution in [2.75, 3.05) is 0 Å². The lowest BCUT2D eigenvalue weighted by molar-refractivity contribution is 1.24. The van der Waals surface area contributed by atoms with Gasteiger partial charge in [-0.15, -0.1) is 0 Å². The van der Waals surface area contributed by atoms with Crippen LogP contribution in [0.4, 0.5) is 0 Å². The zero-order valence-electron chi connectivity index (χ0n) is 11.6. The third-order valence-corrected chi connectivity index (χ3v) is 3.51. The Hall–Kier alpha value is -2.54.